The molecule has 4 nitrogen and oxygen atoms in total. The maximum Gasteiger partial charge on any atom is 0.338 e. The minimum Gasteiger partial charge on any atom is -0.453 e. The zero-order chi connectivity index (χ0) is 15.5. The first kappa shape index (κ1) is 16.0. The van der Waals surface area contributed by atoms with Gasteiger partial charge >= 0.3 is 5.97 Å². The predicted molar refractivity (Wildman–Crippen MR) is 78.8 cm³/mol. The van der Waals surface area contributed by atoms with E-state index < -0.39 is 23.8 Å². The summed E-state index contributed by atoms with van der Waals surface area (Å²) in [5, 5.41) is 0. The third-order valence-electron chi connectivity index (χ3n) is 4.09. The van der Waals surface area contributed by atoms with Gasteiger partial charge in [-0.2, -0.15) is 0 Å². The molecule has 1 aliphatic carbocycles. The molecule has 1 fully saturated rings. The van der Waals surface area contributed by atoms with Crippen molar-refractivity contribution >= 4 is 13.8 Å². The number of rotatable bonds is 5. The fourth-order valence-electron chi connectivity index (χ4n) is 2.61. The summed E-state index contributed by atoms with van der Waals surface area (Å²) in [4.78, 5) is 12.1. The number of alkyl halides is 1. The summed E-state index contributed by atoms with van der Waals surface area (Å²) >= 11 is 0. The van der Waals surface area contributed by atoms with Gasteiger partial charge in [-0.25, -0.2) is 9.18 Å². The molecule has 1 aromatic rings. The molecule has 0 heterocycles. The van der Waals surface area contributed by atoms with Gasteiger partial charge in [-0.15, -0.1) is 0 Å². The van der Waals surface area contributed by atoms with Crippen molar-refractivity contribution in [3.63, 3.8) is 0 Å². The van der Waals surface area contributed by atoms with Crippen molar-refractivity contribution in [3.05, 3.63) is 35.9 Å². The Morgan fingerprint density at radius 2 is 2.10 bits per heavy atom. The predicted octanol–water partition coefficient (Wildman–Crippen LogP) is 1.75. The smallest absolute Gasteiger partial charge is 0.338 e. The summed E-state index contributed by atoms with van der Waals surface area (Å²) in [5.74, 6) is -0.794. The van der Waals surface area contributed by atoms with Crippen molar-refractivity contribution < 1.29 is 23.4 Å². The summed E-state index contributed by atoms with van der Waals surface area (Å²) < 4.78 is 30.6. The second-order valence-corrected chi connectivity index (χ2v) is 5.59. The zero-order valence-corrected chi connectivity index (χ0v) is 12.5. The summed E-state index contributed by atoms with van der Waals surface area (Å²) in [6.07, 6.45) is -0.943. The fraction of sp³-hybridized carbons (Fsp3) is 0.533. The molecule has 0 saturated heterocycles. The zero-order valence-electron chi connectivity index (χ0n) is 12.5. The molecule has 6 heteroatoms. The van der Waals surface area contributed by atoms with Gasteiger partial charge in [0, 0.05) is 7.11 Å². The largest absolute Gasteiger partial charge is 0.453 e. The molecule has 21 heavy (non-hydrogen) atoms. The van der Waals surface area contributed by atoms with Crippen molar-refractivity contribution in [2.24, 2.45) is 0 Å². The highest BCUT2D eigenvalue weighted by molar-refractivity contribution is 6.13. The molecule has 1 saturated carbocycles. The molecule has 1 aromatic carbocycles. The monoisotopic (exact) mass is 294 g/mol. The molecule has 114 valence electrons. The van der Waals surface area contributed by atoms with Crippen LogP contribution in [0.4, 0.5) is 4.39 Å². The van der Waals surface area contributed by atoms with Gasteiger partial charge < -0.3 is 14.2 Å². The lowest BCUT2D eigenvalue weighted by Crippen LogP contribution is -2.42. The van der Waals surface area contributed by atoms with E-state index in [-0.39, 0.29) is 12.6 Å². The molecule has 1 aliphatic rings. The topological polar surface area (TPSA) is 44.8 Å². The summed E-state index contributed by atoms with van der Waals surface area (Å²) in [6.45, 7) is 1.50. The Balaban J connectivity index is 2.12. The number of hydrogen-bond acceptors (Lipinski definition) is 4. The first-order valence-electron chi connectivity index (χ1n) is 7.02. The number of halogens is 1. The molecule has 0 radical (unpaired) electrons. The van der Waals surface area contributed by atoms with Gasteiger partial charge in [-0.3, -0.25) is 0 Å². The van der Waals surface area contributed by atoms with E-state index in [4.69, 9.17) is 14.2 Å². The van der Waals surface area contributed by atoms with Crippen LogP contribution in [0, 0.1) is 0 Å². The van der Waals surface area contributed by atoms with Gasteiger partial charge in [-0.05, 0) is 31.3 Å². The third kappa shape index (κ3) is 3.44. The van der Waals surface area contributed by atoms with Crippen molar-refractivity contribution in [1.82, 2.24) is 0 Å². The number of carbonyl (C=O) groups excluding carboxylic acids is 1. The van der Waals surface area contributed by atoms with Gasteiger partial charge in [0.2, 0.25) is 0 Å². The summed E-state index contributed by atoms with van der Waals surface area (Å²) in [7, 11) is 3.29. The third-order valence-corrected chi connectivity index (χ3v) is 4.09. The molecule has 0 spiro atoms. The number of carbonyl (C=O) groups is 1. The van der Waals surface area contributed by atoms with Crippen LogP contribution in [0.3, 0.4) is 0 Å². The Morgan fingerprint density at radius 1 is 1.43 bits per heavy atom. The van der Waals surface area contributed by atoms with E-state index in [1.165, 1.54) is 14.0 Å². The normalized spacial score (nSPS) is 32.0. The molecule has 0 bridgehead atoms. The first-order valence-corrected chi connectivity index (χ1v) is 7.02. The number of esters is 1. The molecule has 4 atom stereocenters. The van der Waals surface area contributed by atoms with E-state index in [0.717, 1.165) is 0 Å². The van der Waals surface area contributed by atoms with Crippen molar-refractivity contribution in [3.8, 4) is 0 Å². The van der Waals surface area contributed by atoms with Crippen molar-refractivity contribution in [2.45, 2.75) is 37.0 Å². The highest BCUT2D eigenvalue weighted by atomic mass is 19.1. The second-order valence-electron chi connectivity index (χ2n) is 5.59. The lowest BCUT2D eigenvalue weighted by molar-refractivity contribution is -0.123. The SMILES string of the molecule is BC1CC(OCOC)C(OC(=O)c2ccccc2)C1(C)F. The number of methoxy groups -OCH3 is 1. The van der Waals surface area contributed by atoms with Crippen LogP contribution in [0.5, 0.6) is 0 Å². The quantitative estimate of drug-likeness (QED) is 0.471. The molecule has 0 aromatic heterocycles. The minimum absolute atomic E-state index is 0.0485. The Bertz CT molecular complexity index is 480. The van der Waals surface area contributed by atoms with Gasteiger partial charge in [0.05, 0.1) is 5.56 Å². The Hall–Kier alpha value is -1.40. The standard InChI is InChI=1S/C15H20BFO4/c1-15(17)12(16)8-11(20-9-19-2)13(15)21-14(18)10-6-4-3-5-7-10/h3-7,11-13H,8-9,16H2,1-2H3. The second kappa shape index (κ2) is 6.58. The van der Waals surface area contributed by atoms with Crippen molar-refractivity contribution in [1.29, 1.82) is 0 Å². The molecule has 0 amide bonds. The Kier molecular flexibility index (Phi) is 5.01. The fourth-order valence-corrected chi connectivity index (χ4v) is 2.61. The van der Waals surface area contributed by atoms with E-state index in [1.54, 1.807) is 38.2 Å². The maximum absolute atomic E-state index is 14.8. The number of hydrogen-bond donors (Lipinski definition) is 0. The van der Waals surface area contributed by atoms with E-state index in [1.807, 2.05) is 0 Å². The van der Waals surface area contributed by atoms with Crippen LogP contribution in [-0.4, -0.2) is 45.6 Å². The number of ether oxygens (including phenoxy) is 3. The lowest BCUT2D eigenvalue weighted by atomic mass is 9.77. The van der Waals surface area contributed by atoms with E-state index in [9.17, 15) is 9.18 Å². The van der Waals surface area contributed by atoms with Crippen LogP contribution in [-0.2, 0) is 14.2 Å². The van der Waals surface area contributed by atoms with Gasteiger partial charge in [-0.1, -0.05) is 18.2 Å². The molecule has 0 aliphatic heterocycles. The Morgan fingerprint density at radius 3 is 2.71 bits per heavy atom. The van der Waals surface area contributed by atoms with Crippen molar-refractivity contribution in [2.75, 3.05) is 13.9 Å². The van der Waals surface area contributed by atoms with Crippen LogP contribution in [0.25, 0.3) is 0 Å². The van der Waals surface area contributed by atoms with E-state index in [0.29, 0.717) is 12.0 Å². The maximum atomic E-state index is 14.8. The molecule has 4 unspecified atom stereocenters. The van der Waals surface area contributed by atoms with Crippen LogP contribution in [0.15, 0.2) is 30.3 Å². The van der Waals surface area contributed by atoms with Crippen LogP contribution in [0.2, 0.25) is 5.82 Å². The Labute approximate surface area is 125 Å². The van der Waals surface area contributed by atoms with Crippen LogP contribution >= 0.6 is 0 Å². The molecular formula is C15H20BFO4. The van der Waals surface area contributed by atoms with E-state index in [2.05, 4.69) is 0 Å². The molecular weight excluding hydrogens is 274 g/mol. The van der Waals surface area contributed by atoms with Crippen LogP contribution < -0.4 is 0 Å². The highest BCUT2D eigenvalue weighted by Gasteiger charge is 2.54. The molecule has 2 rings (SSSR count). The first-order chi connectivity index (χ1) is 9.96. The molecule has 0 N–H and O–H groups in total. The van der Waals surface area contributed by atoms with Gasteiger partial charge in [0.15, 0.2) is 6.10 Å². The minimum atomic E-state index is -1.62. The number of benzene rings is 1. The summed E-state index contributed by atoms with van der Waals surface area (Å²) in [6, 6.07) is 8.56. The van der Waals surface area contributed by atoms with Gasteiger partial charge in [0.25, 0.3) is 0 Å². The lowest BCUT2D eigenvalue weighted by Gasteiger charge is -2.28. The van der Waals surface area contributed by atoms with E-state index >= 15 is 0 Å². The average Bonchev–Trinajstić information content (AvgIpc) is 2.69. The van der Waals surface area contributed by atoms with Crippen LogP contribution in [0.1, 0.15) is 23.7 Å². The summed E-state index contributed by atoms with van der Waals surface area (Å²) in [5.41, 5.74) is -1.22. The highest BCUT2D eigenvalue weighted by Crippen LogP contribution is 2.44. The average molecular weight is 294 g/mol. The van der Waals surface area contributed by atoms with Gasteiger partial charge in [0.1, 0.15) is 26.4 Å².